The predicted molar refractivity (Wildman–Crippen MR) is 62.6 cm³/mol. The zero-order valence-corrected chi connectivity index (χ0v) is 10.1. The van der Waals surface area contributed by atoms with Gasteiger partial charge in [-0.05, 0) is 25.1 Å². The van der Waals surface area contributed by atoms with Crippen LogP contribution >= 0.6 is 11.6 Å². The lowest BCUT2D eigenvalue weighted by Gasteiger charge is -2.09. The van der Waals surface area contributed by atoms with Gasteiger partial charge in [0.2, 0.25) is 0 Å². The van der Waals surface area contributed by atoms with Crippen LogP contribution in [0.15, 0.2) is 18.2 Å². The summed E-state index contributed by atoms with van der Waals surface area (Å²) in [6.45, 7) is 3.89. The van der Waals surface area contributed by atoms with Crippen molar-refractivity contribution in [3.05, 3.63) is 29.6 Å². The highest BCUT2D eigenvalue weighted by atomic mass is 35.5. The Hall–Kier alpha value is -0.800. The molecule has 16 heavy (non-hydrogen) atoms. The zero-order valence-electron chi connectivity index (χ0n) is 9.34. The summed E-state index contributed by atoms with van der Waals surface area (Å²) in [6.07, 6.45) is 0.812. The Balaban J connectivity index is 2.41. The molecular formula is C12H16ClFO2. The predicted octanol–water partition coefficient (Wildman–Crippen LogP) is 3.37. The fourth-order valence-corrected chi connectivity index (χ4v) is 1.49. The number of hydrogen-bond acceptors (Lipinski definition) is 2. The molecule has 0 spiro atoms. The van der Waals surface area contributed by atoms with E-state index >= 15 is 0 Å². The first kappa shape index (κ1) is 13.3. The number of benzene rings is 1. The third kappa shape index (κ3) is 4.37. The largest absolute Gasteiger partial charge is 0.493 e. The van der Waals surface area contributed by atoms with Crippen LogP contribution in [-0.2, 0) is 10.6 Å². The molecule has 0 unspecified atom stereocenters. The number of hydrogen-bond donors (Lipinski definition) is 0. The molecular weight excluding hydrogens is 231 g/mol. The molecule has 0 N–H and O–H groups in total. The molecule has 90 valence electrons. The third-order valence-corrected chi connectivity index (χ3v) is 2.35. The summed E-state index contributed by atoms with van der Waals surface area (Å²) in [7, 11) is 0. The first-order valence-electron chi connectivity index (χ1n) is 5.33. The van der Waals surface area contributed by atoms with E-state index in [9.17, 15) is 4.39 Å². The number of halogens is 2. The van der Waals surface area contributed by atoms with E-state index in [0.29, 0.717) is 31.1 Å². The Bertz CT molecular complexity index is 318. The van der Waals surface area contributed by atoms with Crippen LogP contribution in [0.1, 0.15) is 18.9 Å². The van der Waals surface area contributed by atoms with E-state index in [1.165, 1.54) is 12.1 Å². The van der Waals surface area contributed by atoms with Gasteiger partial charge >= 0.3 is 0 Å². The van der Waals surface area contributed by atoms with E-state index in [1.807, 2.05) is 6.92 Å². The smallest absolute Gasteiger partial charge is 0.123 e. The van der Waals surface area contributed by atoms with Gasteiger partial charge < -0.3 is 9.47 Å². The second-order valence-electron chi connectivity index (χ2n) is 3.28. The fraction of sp³-hybridized carbons (Fsp3) is 0.500. The maximum absolute atomic E-state index is 12.9. The van der Waals surface area contributed by atoms with Gasteiger partial charge in [0, 0.05) is 25.2 Å². The van der Waals surface area contributed by atoms with Gasteiger partial charge in [-0.25, -0.2) is 4.39 Å². The van der Waals surface area contributed by atoms with Crippen LogP contribution in [0.3, 0.4) is 0 Å². The molecule has 1 rings (SSSR count). The summed E-state index contributed by atoms with van der Waals surface area (Å²) >= 11 is 5.70. The number of ether oxygens (including phenoxy) is 2. The first-order chi connectivity index (χ1) is 7.77. The van der Waals surface area contributed by atoms with Crippen LogP contribution in [0.25, 0.3) is 0 Å². The van der Waals surface area contributed by atoms with Gasteiger partial charge in [-0.2, -0.15) is 0 Å². The van der Waals surface area contributed by atoms with Crippen LogP contribution in [0.5, 0.6) is 5.75 Å². The molecule has 0 bridgehead atoms. The van der Waals surface area contributed by atoms with Gasteiger partial charge in [-0.3, -0.25) is 0 Å². The molecule has 4 heteroatoms. The Labute approximate surface area is 100 Å². The van der Waals surface area contributed by atoms with Crippen molar-refractivity contribution < 1.29 is 13.9 Å². The monoisotopic (exact) mass is 246 g/mol. The molecule has 0 saturated carbocycles. The van der Waals surface area contributed by atoms with E-state index in [-0.39, 0.29) is 11.7 Å². The molecule has 0 aliphatic carbocycles. The van der Waals surface area contributed by atoms with E-state index in [2.05, 4.69) is 0 Å². The maximum Gasteiger partial charge on any atom is 0.123 e. The van der Waals surface area contributed by atoms with E-state index < -0.39 is 0 Å². The molecule has 0 aliphatic rings. The normalized spacial score (nSPS) is 10.4. The molecule has 0 atom stereocenters. The Morgan fingerprint density at radius 3 is 2.81 bits per heavy atom. The minimum absolute atomic E-state index is 0.249. The Morgan fingerprint density at radius 2 is 2.12 bits per heavy atom. The van der Waals surface area contributed by atoms with Crippen molar-refractivity contribution in [3.63, 3.8) is 0 Å². The van der Waals surface area contributed by atoms with Crippen molar-refractivity contribution in [1.29, 1.82) is 0 Å². The zero-order chi connectivity index (χ0) is 11.8. The Morgan fingerprint density at radius 1 is 1.31 bits per heavy atom. The van der Waals surface area contributed by atoms with Crippen molar-refractivity contribution in [2.24, 2.45) is 0 Å². The summed E-state index contributed by atoms with van der Waals surface area (Å²) in [5.41, 5.74) is 0.679. The lowest BCUT2D eigenvalue weighted by Crippen LogP contribution is -2.04. The van der Waals surface area contributed by atoms with E-state index in [0.717, 1.165) is 6.42 Å². The fourth-order valence-electron chi connectivity index (χ4n) is 1.28. The second-order valence-corrected chi connectivity index (χ2v) is 3.55. The SMILES string of the molecule is CCOCCCOc1ccc(F)cc1CCl. The quantitative estimate of drug-likeness (QED) is 0.543. The number of alkyl halides is 1. The summed E-state index contributed by atoms with van der Waals surface area (Å²) < 4.78 is 23.6. The van der Waals surface area contributed by atoms with Crippen molar-refractivity contribution in [1.82, 2.24) is 0 Å². The van der Waals surface area contributed by atoms with Crippen LogP contribution in [0, 0.1) is 5.82 Å². The summed E-state index contributed by atoms with van der Waals surface area (Å²) in [5, 5.41) is 0. The maximum atomic E-state index is 12.9. The van der Waals surface area contributed by atoms with Gasteiger partial charge in [-0.15, -0.1) is 11.6 Å². The summed E-state index contributed by atoms with van der Waals surface area (Å²) in [6, 6.07) is 4.37. The topological polar surface area (TPSA) is 18.5 Å². The van der Waals surface area contributed by atoms with E-state index in [1.54, 1.807) is 6.07 Å². The van der Waals surface area contributed by atoms with Gasteiger partial charge in [0.05, 0.1) is 12.5 Å². The van der Waals surface area contributed by atoms with Crippen molar-refractivity contribution in [2.75, 3.05) is 19.8 Å². The molecule has 0 radical (unpaired) electrons. The standard InChI is InChI=1S/C12H16ClFO2/c1-2-15-6-3-7-16-12-5-4-11(14)8-10(12)9-13/h4-5,8H,2-3,6-7,9H2,1H3. The van der Waals surface area contributed by atoms with Crippen LogP contribution in [0.4, 0.5) is 4.39 Å². The highest BCUT2D eigenvalue weighted by Gasteiger charge is 2.04. The van der Waals surface area contributed by atoms with Crippen LogP contribution < -0.4 is 4.74 Å². The van der Waals surface area contributed by atoms with Gasteiger partial charge in [0.1, 0.15) is 11.6 Å². The average Bonchev–Trinajstić information content (AvgIpc) is 2.30. The average molecular weight is 247 g/mol. The van der Waals surface area contributed by atoms with Crippen molar-refractivity contribution >= 4 is 11.6 Å². The van der Waals surface area contributed by atoms with Gasteiger partial charge in [0.25, 0.3) is 0 Å². The minimum Gasteiger partial charge on any atom is -0.493 e. The van der Waals surface area contributed by atoms with Crippen LogP contribution in [-0.4, -0.2) is 19.8 Å². The molecule has 2 nitrogen and oxygen atoms in total. The first-order valence-corrected chi connectivity index (χ1v) is 5.86. The molecule has 1 aromatic carbocycles. The minimum atomic E-state index is -0.294. The van der Waals surface area contributed by atoms with Gasteiger partial charge in [-0.1, -0.05) is 0 Å². The highest BCUT2D eigenvalue weighted by Crippen LogP contribution is 2.21. The highest BCUT2D eigenvalue weighted by molar-refractivity contribution is 6.17. The molecule has 1 aromatic rings. The molecule has 0 aliphatic heterocycles. The summed E-state index contributed by atoms with van der Waals surface area (Å²) in [4.78, 5) is 0. The lowest BCUT2D eigenvalue weighted by atomic mass is 10.2. The van der Waals surface area contributed by atoms with Crippen LogP contribution in [0.2, 0.25) is 0 Å². The van der Waals surface area contributed by atoms with E-state index in [4.69, 9.17) is 21.1 Å². The molecule has 0 fully saturated rings. The third-order valence-electron chi connectivity index (χ3n) is 2.06. The molecule has 0 heterocycles. The van der Waals surface area contributed by atoms with Crippen molar-refractivity contribution in [3.8, 4) is 5.75 Å². The van der Waals surface area contributed by atoms with Gasteiger partial charge in [0.15, 0.2) is 0 Å². The Kier molecular flexibility index (Phi) is 6.19. The molecule has 0 amide bonds. The summed E-state index contributed by atoms with van der Waals surface area (Å²) in [5.74, 6) is 0.601. The van der Waals surface area contributed by atoms with Crippen molar-refractivity contribution in [2.45, 2.75) is 19.2 Å². The molecule has 0 saturated heterocycles. The molecule has 0 aromatic heterocycles. The second kappa shape index (κ2) is 7.47. The number of rotatable bonds is 7. The lowest BCUT2D eigenvalue weighted by molar-refractivity contribution is 0.130.